The molecule has 0 aliphatic rings. The minimum atomic E-state index is -0.520. The van der Waals surface area contributed by atoms with Crippen molar-refractivity contribution in [1.29, 1.82) is 0 Å². The molecule has 8 heteroatoms. The third kappa shape index (κ3) is 4.11. The predicted octanol–water partition coefficient (Wildman–Crippen LogP) is 3.33. The summed E-state index contributed by atoms with van der Waals surface area (Å²) in [7, 11) is 0. The average molecular weight is 384 g/mol. The van der Waals surface area contributed by atoms with Gasteiger partial charge in [-0.3, -0.25) is 4.79 Å². The van der Waals surface area contributed by atoms with E-state index in [1.54, 1.807) is 20.8 Å². The second-order valence-electron chi connectivity index (χ2n) is 5.98. The van der Waals surface area contributed by atoms with Gasteiger partial charge in [0.1, 0.15) is 0 Å². The number of rotatable bonds is 7. The molecule has 3 rings (SSSR count). The number of nitrogens with zero attached hydrogens (tertiary/aromatic N) is 4. The monoisotopic (exact) mass is 384 g/mol. The van der Waals surface area contributed by atoms with E-state index in [2.05, 4.69) is 15.3 Å². The Kier molecular flexibility index (Phi) is 5.75. The summed E-state index contributed by atoms with van der Waals surface area (Å²) in [6.45, 7) is 5.52. The zero-order chi connectivity index (χ0) is 19.4. The van der Waals surface area contributed by atoms with Crippen LogP contribution in [0.15, 0.2) is 30.3 Å². The van der Waals surface area contributed by atoms with Gasteiger partial charge in [0.2, 0.25) is 5.13 Å². The SMILES string of the molecule is CCOC(=O)c1nnn(-c2nc(C)c(C(=O)CCc3ccccc3)s2)c1C. The van der Waals surface area contributed by atoms with Crippen LogP contribution in [0.25, 0.3) is 5.13 Å². The number of ether oxygens (including phenoxy) is 1. The van der Waals surface area contributed by atoms with Crippen LogP contribution in [0.5, 0.6) is 0 Å². The van der Waals surface area contributed by atoms with E-state index in [1.807, 2.05) is 30.3 Å². The first-order valence-electron chi connectivity index (χ1n) is 8.65. The first-order valence-corrected chi connectivity index (χ1v) is 9.47. The van der Waals surface area contributed by atoms with Crippen LogP contribution in [0, 0.1) is 13.8 Å². The van der Waals surface area contributed by atoms with Crippen molar-refractivity contribution in [2.75, 3.05) is 6.61 Å². The number of benzene rings is 1. The molecule has 2 aromatic heterocycles. The van der Waals surface area contributed by atoms with E-state index in [9.17, 15) is 9.59 Å². The molecular formula is C19H20N4O3S. The molecular weight excluding hydrogens is 364 g/mol. The standard InChI is InChI=1S/C19H20N4O3S/c1-4-26-18(25)16-13(3)23(22-21-16)19-20-12(2)17(27-19)15(24)11-10-14-8-6-5-7-9-14/h5-9H,4,10-11H2,1-3H3. The Morgan fingerprint density at radius 1 is 1.19 bits per heavy atom. The summed E-state index contributed by atoms with van der Waals surface area (Å²) >= 11 is 1.26. The summed E-state index contributed by atoms with van der Waals surface area (Å²) < 4.78 is 6.44. The van der Waals surface area contributed by atoms with Crippen LogP contribution in [0.1, 0.15) is 50.5 Å². The van der Waals surface area contributed by atoms with Gasteiger partial charge in [-0.15, -0.1) is 5.10 Å². The van der Waals surface area contributed by atoms with E-state index in [0.29, 0.717) is 34.2 Å². The van der Waals surface area contributed by atoms with Crippen LogP contribution in [0.4, 0.5) is 0 Å². The molecule has 0 saturated carbocycles. The van der Waals surface area contributed by atoms with E-state index in [4.69, 9.17) is 4.74 Å². The lowest BCUT2D eigenvalue weighted by Gasteiger charge is -2.00. The zero-order valence-electron chi connectivity index (χ0n) is 15.4. The Bertz CT molecular complexity index is 963. The maximum atomic E-state index is 12.6. The van der Waals surface area contributed by atoms with Crippen LogP contribution in [-0.4, -0.2) is 38.3 Å². The predicted molar refractivity (Wildman–Crippen MR) is 102 cm³/mol. The van der Waals surface area contributed by atoms with Crippen molar-refractivity contribution in [2.45, 2.75) is 33.6 Å². The largest absolute Gasteiger partial charge is 0.461 e. The summed E-state index contributed by atoms with van der Waals surface area (Å²) in [6.07, 6.45) is 1.10. The highest BCUT2D eigenvalue weighted by atomic mass is 32.1. The molecule has 0 fully saturated rings. The molecule has 140 valence electrons. The Morgan fingerprint density at radius 2 is 1.93 bits per heavy atom. The topological polar surface area (TPSA) is 87.0 Å². The van der Waals surface area contributed by atoms with Crippen LogP contribution in [0.3, 0.4) is 0 Å². The van der Waals surface area contributed by atoms with E-state index >= 15 is 0 Å². The fourth-order valence-electron chi connectivity index (χ4n) is 2.65. The third-order valence-corrected chi connectivity index (χ3v) is 5.24. The summed E-state index contributed by atoms with van der Waals surface area (Å²) in [4.78, 5) is 29.6. The number of aryl methyl sites for hydroxylation is 2. The number of ketones is 1. The summed E-state index contributed by atoms with van der Waals surface area (Å²) in [5, 5.41) is 8.40. The van der Waals surface area contributed by atoms with E-state index < -0.39 is 5.97 Å². The Labute approximate surface area is 161 Å². The number of Topliss-reactive ketones (excluding diaryl/α,β-unsaturated/α-hetero) is 1. The first kappa shape index (κ1) is 18.9. The molecule has 1 aromatic carbocycles. The number of hydrogen-bond acceptors (Lipinski definition) is 7. The molecule has 0 unspecified atom stereocenters. The number of esters is 1. The molecule has 3 aromatic rings. The molecule has 0 radical (unpaired) electrons. The lowest BCUT2D eigenvalue weighted by atomic mass is 10.1. The molecule has 0 spiro atoms. The highest BCUT2D eigenvalue weighted by molar-refractivity contribution is 7.16. The molecule has 0 aliphatic carbocycles. The number of carbonyl (C=O) groups is 2. The van der Waals surface area contributed by atoms with Gasteiger partial charge in [0.15, 0.2) is 11.5 Å². The molecule has 0 atom stereocenters. The second kappa shape index (κ2) is 8.22. The van der Waals surface area contributed by atoms with E-state index in [-0.39, 0.29) is 18.1 Å². The number of carbonyl (C=O) groups excluding carboxylic acids is 2. The van der Waals surface area contributed by atoms with Crippen molar-refractivity contribution in [3.8, 4) is 5.13 Å². The number of hydrogen-bond donors (Lipinski definition) is 0. The van der Waals surface area contributed by atoms with Gasteiger partial charge >= 0.3 is 5.97 Å². The maximum absolute atomic E-state index is 12.6. The molecule has 0 N–H and O–H groups in total. The van der Waals surface area contributed by atoms with Gasteiger partial charge in [-0.25, -0.2) is 9.78 Å². The van der Waals surface area contributed by atoms with Crippen molar-refractivity contribution >= 4 is 23.1 Å². The normalized spacial score (nSPS) is 10.8. The lowest BCUT2D eigenvalue weighted by molar-refractivity contribution is 0.0518. The first-order chi connectivity index (χ1) is 13.0. The minimum absolute atomic E-state index is 0.0449. The summed E-state index contributed by atoms with van der Waals surface area (Å²) in [6, 6.07) is 9.90. The van der Waals surface area contributed by atoms with Gasteiger partial charge in [0.25, 0.3) is 0 Å². The van der Waals surface area contributed by atoms with Gasteiger partial charge in [0, 0.05) is 6.42 Å². The molecule has 2 heterocycles. The van der Waals surface area contributed by atoms with Crippen molar-refractivity contribution in [3.63, 3.8) is 0 Å². The quantitative estimate of drug-likeness (QED) is 0.459. The number of aromatic nitrogens is 4. The molecule has 0 aliphatic heterocycles. The lowest BCUT2D eigenvalue weighted by Crippen LogP contribution is -2.07. The maximum Gasteiger partial charge on any atom is 0.360 e. The van der Waals surface area contributed by atoms with E-state index in [1.165, 1.54) is 16.0 Å². The van der Waals surface area contributed by atoms with Crippen LogP contribution >= 0.6 is 11.3 Å². The minimum Gasteiger partial charge on any atom is -0.461 e. The Hall–Kier alpha value is -2.87. The highest BCUT2D eigenvalue weighted by Gasteiger charge is 2.22. The van der Waals surface area contributed by atoms with Crippen molar-refractivity contribution in [1.82, 2.24) is 20.0 Å². The molecule has 7 nitrogen and oxygen atoms in total. The van der Waals surface area contributed by atoms with Crippen LogP contribution in [-0.2, 0) is 11.2 Å². The third-order valence-electron chi connectivity index (χ3n) is 4.07. The second-order valence-corrected chi connectivity index (χ2v) is 6.95. The zero-order valence-corrected chi connectivity index (χ0v) is 16.2. The van der Waals surface area contributed by atoms with Gasteiger partial charge in [-0.2, -0.15) is 4.68 Å². The number of thiazole rings is 1. The highest BCUT2D eigenvalue weighted by Crippen LogP contribution is 2.24. The van der Waals surface area contributed by atoms with Gasteiger partial charge in [-0.05, 0) is 32.8 Å². The van der Waals surface area contributed by atoms with Crippen molar-refractivity contribution in [2.24, 2.45) is 0 Å². The van der Waals surface area contributed by atoms with Gasteiger partial charge in [-0.1, -0.05) is 46.9 Å². The fourth-order valence-corrected chi connectivity index (χ4v) is 3.68. The van der Waals surface area contributed by atoms with E-state index in [0.717, 1.165) is 5.56 Å². The summed E-state index contributed by atoms with van der Waals surface area (Å²) in [5.74, 6) is -0.475. The molecule has 0 amide bonds. The van der Waals surface area contributed by atoms with Crippen LogP contribution in [0.2, 0.25) is 0 Å². The smallest absolute Gasteiger partial charge is 0.360 e. The van der Waals surface area contributed by atoms with Crippen molar-refractivity contribution < 1.29 is 14.3 Å². The van der Waals surface area contributed by atoms with Crippen LogP contribution < -0.4 is 0 Å². The molecule has 0 saturated heterocycles. The molecule has 0 bridgehead atoms. The van der Waals surface area contributed by atoms with Gasteiger partial charge < -0.3 is 4.74 Å². The average Bonchev–Trinajstić information content (AvgIpc) is 3.23. The Morgan fingerprint density at radius 3 is 2.63 bits per heavy atom. The fraction of sp³-hybridized carbons (Fsp3) is 0.316. The van der Waals surface area contributed by atoms with Crippen molar-refractivity contribution in [3.05, 3.63) is 57.9 Å². The Balaban J connectivity index is 1.78. The summed E-state index contributed by atoms with van der Waals surface area (Å²) in [5.41, 5.74) is 2.47. The van der Waals surface area contributed by atoms with Gasteiger partial charge in [0.05, 0.1) is 22.9 Å². The molecule has 27 heavy (non-hydrogen) atoms.